The van der Waals surface area contributed by atoms with Crippen molar-refractivity contribution in [2.45, 2.75) is 101 Å². The highest BCUT2D eigenvalue weighted by atomic mass is 19.1. The van der Waals surface area contributed by atoms with Crippen LogP contribution in [0.15, 0.2) is 11.8 Å². The molecule has 7 rings (SSSR count). The minimum absolute atomic E-state index is 0.00341. The number of morpholine rings is 1. The number of carbonyl (C=O) groups excluding carboxylic acids is 3. The van der Waals surface area contributed by atoms with E-state index in [-0.39, 0.29) is 53.8 Å². The number of piperazine rings is 1. The van der Waals surface area contributed by atoms with Gasteiger partial charge >= 0.3 is 0 Å². The number of nitrogens with zero attached hydrogens (tertiary/aromatic N) is 4. The van der Waals surface area contributed by atoms with E-state index in [9.17, 15) is 14.4 Å². The predicted octanol–water partition coefficient (Wildman–Crippen LogP) is 1.31. The maximum Gasteiger partial charge on any atom is 0.259 e. The van der Waals surface area contributed by atoms with E-state index >= 15 is 4.39 Å². The molecule has 10 heteroatoms. The van der Waals surface area contributed by atoms with E-state index in [0.29, 0.717) is 44.6 Å². The van der Waals surface area contributed by atoms with Gasteiger partial charge in [-0.2, -0.15) is 0 Å². The first kappa shape index (κ1) is 26.8. The van der Waals surface area contributed by atoms with Gasteiger partial charge in [0.05, 0.1) is 35.9 Å². The Hall–Kier alpha value is -2.04. The number of ketones is 1. The van der Waals surface area contributed by atoms with Crippen molar-refractivity contribution < 1.29 is 23.5 Å². The maximum absolute atomic E-state index is 16.2. The fourth-order valence-electron chi connectivity index (χ4n) is 9.34. The number of ether oxygens (including phenoxy) is 1. The Kier molecular flexibility index (Phi) is 6.94. The van der Waals surface area contributed by atoms with Crippen molar-refractivity contribution in [1.29, 1.82) is 0 Å². The fourth-order valence-corrected chi connectivity index (χ4v) is 9.34. The summed E-state index contributed by atoms with van der Waals surface area (Å²) >= 11 is 0. The van der Waals surface area contributed by atoms with Crippen LogP contribution in [-0.4, -0.2) is 119 Å². The summed E-state index contributed by atoms with van der Waals surface area (Å²) in [6.07, 6.45) is 8.13. The Bertz CT molecular complexity index is 1080. The van der Waals surface area contributed by atoms with Crippen LogP contribution in [0.4, 0.5) is 4.39 Å². The average Bonchev–Trinajstić information content (AvgIpc) is 3.38. The number of carbonyl (C=O) groups is 3. The number of nitrogens with two attached hydrogens (primary N) is 1. The molecule has 2 amide bonds. The highest BCUT2D eigenvalue weighted by Crippen LogP contribution is 2.51. The van der Waals surface area contributed by atoms with Crippen LogP contribution in [0.3, 0.4) is 0 Å². The molecule has 7 aliphatic rings. The van der Waals surface area contributed by atoms with Gasteiger partial charge in [-0.1, -0.05) is 25.7 Å². The third-order valence-corrected chi connectivity index (χ3v) is 11.4. The SMILES string of the molecule is CC(=O)N1CCN(C(=O)C2=CN3C4CC5CCCCC5CC4OC4C(N5CCC(N)C5)C(F)CC(C2=O)C43)CC1. The summed E-state index contributed by atoms with van der Waals surface area (Å²) in [5.74, 6) is 0.165. The summed E-state index contributed by atoms with van der Waals surface area (Å²) in [5, 5.41) is 0. The monoisotopic (exact) mass is 557 g/mol. The smallest absolute Gasteiger partial charge is 0.259 e. The van der Waals surface area contributed by atoms with Crippen LogP contribution >= 0.6 is 0 Å². The van der Waals surface area contributed by atoms with Gasteiger partial charge in [-0.15, -0.1) is 0 Å². The topological polar surface area (TPSA) is 99.4 Å². The molecular formula is C30H44FN5O4. The van der Waals surface area contributed by atoms with Crippen molar-refractivity contribution in [3.63, 3.8) is 0 Å². The summed E-state index contributed by atoms with van der Waals surface area (Å²) in [5.41, 5.74) is 6.43. The highest BCUT2D eigenvalue weighted by molar-refractivity contribution is 6.20. The summed E-state index contributed by atoms with van der Waals surface area (Å²) in [7, 11) is 0. The summed E-state index contributed by atoms with van der Waals surface area (Å²) in [6, 6.07) is -0.531. The van der Waals surface area contributed by atoms with Crippen molar-refractivity contribution >= 4 is 17.6 Å². The summed E-state index contributed by atoms with van der Waals surface area (Å²) in [4.78, 5) is 47.5. The molecule has 2 N–H and O–H groups in total. The lowest BCUT2D eigenvalue weighted by atomic mass is 9.64. The van der Waals surface area contributed by atoms with Gasteiger partial charge in [-0.25, -0.2) is 4.39 Å². The van der Waals surface area contributed by atoms with Gasteiger partial charge in [-0.05, 0) is 37.5 Å². The third kappa shape index (κ3) is 4.40. The second kappa shape index (κ2) is 10.3. The van der Waals surface area contributed by atoms with E-state index in [1.165, 1.54) is 32.6 Å². The minimum atomic E-state index is -1.21. The molecule has 220 valence electrons. The van der Waals surface area contributed by atoms with Gasteiger partial charge in [0, 0.05) is 64.4 Å². The first-order valence-electron chi connectivity index (χ1n) is 15.7. The normalized spacial score (nSPS) is 43.5. The third-order valence-electron chi connectivity index (χ3n) is 11.4. The molecule has 10 unspecified atom stereocenters. The first-order valence-corrected chi connectivity index (χ1v) is 15.7. The number of amides is 2. The number of fused-ring (bicyclic) bond motifs is 3. The zero-order valence-electron chi connectivity index (χ0n) is 23.6. The molecule has 3 aliphatic carbocycles. The number of rotatable bonds is 2. The van der Waals surface area contributed by atoms with Gasteiger partial charge in [0.1, 0.15) is 6.17 Å². The molecule has 3 saturated carbocycles. The summed E-state index contributed by atoms with van der Waals surface area (Å²) in [6.45, 7) is 4.69. The standard InChI is InChI=1S/C30H44FN5O4/c1-17(37)33-8-10-34(11-9-33)30(39)22-16-36-24-12-18-4-2-3-5-19(18)13-25(24)40-29-26(36)21(28(22)38)14-23(31)27(29)35-7-6-20(32)15-35/h16,18-21,23-27,29H,2-15,32H2,1H3. The molecule has 9 nitrogen and oxygen atoms in total. The van der Waals surface area contributed by atoms with E-state index < -0.39 is 24.2 Å². The van der Waals surface area contributed by atoms with E-state index in [1.807, 2.05) is 6.20 Å². The average molecular weight is 558 g/mol. The van der Waals surface area contributed by atoms with Gasteiger partial charge < -0.3 is 25.2 Å². The molecule has 0 bridgehead atoms. The molecular weight excluding hydrogens is 513 g/mol. The molecule has 4 aliphatic heterocycles. The molecule has 0 radical (unpaired) electrons. The Morgan fingerprint density at radius 1 is 0.950 bits per heavy atom. The molecule has 0 aromatic heterocycles. The zero-order chi connectivity index (χ0) is 27.7. The van der Waals surface area contributed by atoms with Crippen LogP contribution in [0.1, 0.15) is 58.3 Å². The number of Topliss-reactive ketones (excluding diaryl/α,β-unsaturated/α-hetero) is 1. The molecule has 10 atom stereocenters. The van der Waals surface area contributed by atoms with E-state index in [4.69, 9.17) is 10.5 Å². The molecule has 40 heavy (non-hydrogen) atoms. The number of hydrogen-bond donors (Lipinski definition) is 1. The van der Waals surface area contributed by atoms with Crippen LogP contribution in [0.2, 0.25) is 0 Å². The second-order valence-electron chi connectivity index (χ2n) is 13.5. The van der Waals surface area contributed by atoms with Crippen molar-refractivity contribution in [1.82, 2.24) is 19.6 Å². The molecule has 0 aromatic rings. The number of hydrogen-bond acceptors (Lipinski definition) is 7. The van der Waals surface area contributed by atoms with Crippen molar-refractivity contribution in [3.05, 3.63) is 11.8 Å². The fraction of sp³-hybridized carbons (Fsp3) is 0.833. The lowest BCUT2D eigenvalue weighted by Gasteiger charge is -2.61. The molecule has 6 fully saturated rings. The molecule has 0 spiro atoms. The van der Waals surface area contributed by atoms with Gasteiger partial charge in [0.15, 0.2) is 5.78 Å². The van der Waals surface area contributed by atoms with E-state index in [2.05, 4.69) is 9.80 Å². The molecule has 3 saturated heterocycles. The van der Waals surface area contributed by atoms with Crippen molar-refractivity contribution in [2.24, 2.45) is 23.5 Å². The van der Waals surface area contributed by atoms with Crippen LogP contribution in [-0.2, 0) is 19.1 Å². The first-order chi connectivity index (χ1) is 19.3. The van der Waals surface area contributed by atoms with Crippen molar-refractivity contribution in [2.75, 3.05) is 39.3 Å². The maximum atomic E-state index is 16.2. The van der Waals surface area contributed by atoms with E-state index in [0.717, 1.165) is 25.8 Å². The lowest BCUT2D eigenvalue weighted by Crippen LogP contribution is -2.73. The largest absolute Gasteiger partial charge is 0.369 e. The Balaban J connectivity index is 1.22. The zero-order valence-corrected chi connectivity index (χ0v) is 23.6. The Morgan fingerprint density at radius 2 is 1.65 bits per heavy atom. The van der Waals surface area contributed by atoms with E-state index in [1.54, 1.807) is 9.80 Å². The number of halogens is 1. The quantitative estimate of drug-likeness (QED) is 0.511. The van der Waals surface area contributed by atoms with Gasteiger partial charge in [-0.3, -0.25) is 19.3 Å². The second-order valence-corrected chi connectivity index (χ2v) is 13.5. The highest BCUT2D eigenvalue weighted by Gasteiger charge is 2.61. The van der Waals surface area contributed by atoms with Gasteiger partial charge in [0.2, 0.25) is 5.91 Å². The Morgan fingerprint density at radius 3 is 2.33 bits per heavy atom. The van der Waals surface area contributed by atoms with Crippen molar-refractivity contribution in [3.8, 4) is 0 Å². The Labute approximate surface area is 236 Å². The number of likely N-dealkylation sites (tertiary alicyclic amines) is 1. The van der Waals surface area contributed by atoms with Crippen LogP contribution < -0.4 is 5.73 Å². The number of alkyl halides is 1. The van der Waals surface area contributed by atoms with Crippen LogP contribution in [0.5, 0.6) is 0 Å². The van der Waals surface area contributed by atoms with Crippen LogP contribution in [0, 0.1) is 17.8 Å². The summed E-state index contributed by atoms with van der Waals surface area (Å²) < 4.78 is 23.1. The lowest BCUT2D eigenvalue weighted by molar-refractivity contribution is -0.219. The predicted molar refractivity (Wildman–Crippen MR) is 146 cm³/mol. The van der Waals surface area contributed by atoms with Crippen LogP contribution in [0.25, 0.3) is 0 Å². The van der Waals surface area contributed by atoms with Gasteiger partial charge in [0.25, 0.3) is 5.91 Å². The molecule has 4 heterocycles. The molecule has 0 aromatic carbocycles. The minimum Gasteiger partial charge on any atom is -0.369 e.